The van der Waals surface area contributed by atoms with Gasteiger partial charge in [-0.2, -0.15) is 10.2 Å². The van der Waals surface area contributed by atoms with Crippen LogP contribution in [-0.2, 0) is 21.7 Å². The topological polar surface area (TPSA) is 65.2 Å². The Hall–Kier alpha value is -2.62. The standard InChI is InChI=1S/C30H44N2O2/c1-27(2,3)21-13-19(14-22(25(21)33)28(4,5)6)17-31-32-18-20-15-23(29(7,8)9)26(34)24(16-20)30(10,11)12/h13-18,33-34H,1-12H3/b31-17-,32-18-. The van der Waals surface area contributed by atoms with E-state index in [1.54, 1.807) is 12.4 Å². The molecule has 2 N–H and O–H groups in total. The van der Waals surface area contributed by atoms with Gasteiger partial charge in [-0.15, -0.1) is 0 Å². The molecule has 0 radical (unpaired) electrons. The van der Waals surface area contributed by atoms with Crippen LogP contribution in [0.4, 0.5) is 0 Å². The summed E-state index contributed by atoms with van der Waals surface area (Å²) in [5, 5.41) is 30.5. The Balaban J connectivity index is 2.50. The summed E-state index contributed by atoms with van der Waals surface area (Å²) in [7, 11) is 0. The lowest BCUT2D eigenvalue weighted by molar-refractivity contribution is 0.422. The SMILES string of the molecule is CC(C)(C)c1cc(/C=N\N=C/c2cc(C(C)(C)C)c(O)c(C(C)(C)C)c2)cc(C(C)(C)C)c1O. The normalized spacial score (nSPS) is 13.9. The number of benzene rings is 2. The van der Waals surface area contributed by atoms with Crippen LogP contribution in [-0.4, -0.2) is 22.6 Å². The molecule has 0 saturated carbocycles. The van der Waals surface area contributed by atoms with E-state index in [2.05, 4.69) is 93.3 Å². The van der Waals surface area contributed by atoms with Gasteiger partial charge < -0.3 is 10.2 Å². The van der Waals surface area contributed by atoms with Crippen molar-refractivity contribution in [1.82, 2.24) is 0 Å². The molecule has 0 unspecified atom stereocenters. The zero-order chi connectivity index (χ0) is 26.3. The van der Waals surface area contributed by atoms with E-state index in [1.807, 2.05) is 24.3 Å². The monoisotopic (exact) mass is 464 g/mol. The van der Waals surface area contributed by atoms with E-state index >= 15 is 0 Å². The molecule has 0 atom stereocenters. The van der Waals surface area contributed by atoms with Crippen LogP contribution in [0.2, 0.25) is 0 Å². The number of phenolic OH excluding ortho intramolecular Hbond substituents is 2. The molecular weight excluding hydrogens is 420 g/mol. The van der Waals surface area contributed by atoms with Crippen molar-refractivity contribution in [3.05, 3.63) is 57.6 Å². The van der Waals surface area contributed by atoms with Crippen LogP contribution >= 0.6 is 0 Å². The largest absolute Gasteiger partial charge is 0.507 e. The molecule has 2 aromatic carbocycles. The third kappa shape index (κ3) is 6.49. The second-order valence-corrected chi connectivity index (χ2v) is 13.4. The van der Waals surface area contributed by atoms with Crippen molar-refractivity contribution in [3.8, 4) is 11.5 Å². The van der Waals surface area contributed by atoms with Crippen LogP contribution in [0.5, 0.6) is 11.5 Å². The zero-order valence-electron chi connectivity index (χ0n) is 23.3. The molecular formula is C30H44N2O2. The van der Waals surface area contributed by atoms with E-state index in [4.69, 9.17) is 0 Å². The van der Waals surface area contributed by atoms with Crippen LogP contribution in [0.1, 0.15) is 116 Å². The number of aromatic hydroxyl groups is 2. The van der Waals surface area contributed by atoms with Crippen LogP contribution in [0, 0.1) is 0 Å². The highest BCUT2D eigenvalue weighted by atomic mass is 16.3. The first-order valence-corrected chi connectivity index (χ1v) is 12.1. The molecule has 2 rings (SSSR count). The Bertz CT molecular complexity index is 937. The minimum atomic E-state index is -0.198. The Labute approximate surface area is 206 Å². The van der Waals surface area contributed by atoms with Gasteiger partial charge in [0.05, 0.1) is 12.4 Å². The van der Waals surface area contributed by atoms with Crippen LogP contribution in [0.3, 0.4) is 0 Å². The summed E-state index contributed by atoms with van der Waals surface area (Å²) in [4.78, 5) is 0. The Morgan fingerprint density at radius 2 is 0.676 bits per heavy atom. The van der Waals surface area contributed by atoms with Gasteiger partial charge in [0.1, 0.15) is 11.5 Å². The molecule has 0 aliphatic carbocycles. The van der Waals surface area contributed by atoms with Gasteiger partial charge in [0.25, 0.3) is 0 Å². The first kappa shape index (κ1) is 27.6. The average Bonchev–Trinajstić information content (AvgIpc) is 2.63. The number of hydrogen-bond acceptors (Lipinski definition) is 4. The number of phenols is 2. The van der Waals surface area contributed by atoms with Crippen molar-refractivity contribution in [2.24, 2.45) is 10.2 Å². The summed E-state index contributed by atoms with van der Waals surface area (Å²) in [5.74, 6) is 0.711. The van der Waals surface area contributed by atoms with Crippen LogP contribution < -0.4 is 0 Å². The Morgan fingerprint density at radius 3 is 0.853 bits per heavy atom. The van der Waals surface area contributed by atoms with Gasteiger partial charge in [-0.3, -0.25) is 0 Å². The molecule has 0 saturated heterocycles. The highest BCUT2D eigenvalue weighted by Crippen LogP contribution is 2.40. The predicted molar refractivity (Wildman–Crippen MR) is 146 cm³/mol. The summed E-state index contributed by atoms with van der Waals surface area (Å²) in [5.41, 5.74) is 4.60. The molecule has 0 amide bonds. The van der Waals surface area contributed by atoms with E-state index in [0.29, 0.717) is 11.5 Å². The Kier molecular flexibility index (Phi) is 7.48. The number of rotatable bonds is 3. The maximum atomic E-state index is 10.9. The zero-order valence-corrected chi connectivity index (χ0v) is 23.3. The fourth-order valence-corrected chi connectivity index (χ4v) is 3.95. The van der Waals surface area contributed by atoms with Gasteiger partial charge in [-0.05, 0) is 57.1 Å². The molecule has 0 aliphatic heterocycles. The van der Waals surface area contributed by atoms with E-state index in [9.17, 15) is 10.2 Å². The van der Waals surface area contributed by atoms with Gasteiger partial charge in [-0.25, -0.2) is 0 Å². The lowest BCUT2D eigenvalue weighted by Crippen LogP contribution is -2.18. The van der Waals surface area contributed by atoms with Gasteiger partial charge in [0, 0.05) is 22.3 Å². The second-order valence-electron chi connectivity index (χ2n) is 13.4. The van der Waals surface area contributed by atoms with E-state index in [0.717, 1.165) is 33.4 Å². The van der Waals surface area contributed by atoms with Crippen molar-refractivity contribution >= 4 is 12.4 Å². The second kappa shape index (κ2) is 9.20. The lowest BCUT2D eigenvalue weighted by atomic mass is 9.78. The van der Waals surface area contributed by atoms with E-state index in [1.165, 1.54) is 0 Å². The van der Waals surface area contributed by atoms with Gasteiger partial charge in [0.15, 0.2) is 0 Å². The van der Waals surface area contributed by atoms with Crippen molar-refractivity contribution in [3.63, 3.8) is 0 Å². The summed E-state index contributed by atoms with van der Waals surface area (Å²) in [6.45, 7) is 25.1. The summed E-state index contributed by atoms with van der Waals surface area (Å²) in [6.07, 6.45) is 3.46. The van der Waals surface area contributed by atoms with Crippen molar-refractivity contribution in [2.75, 3.05) is 0 Å². The average molecular weight is 465 g/mol. The lowest BCUT2D eigenvalue weighted by Gasteiger charge is -2.27. The number of nitrogens with zero attached hydrogens (tertiary/aromatic N) is 2. The third-order valence-electron chi connectivity index (χ3n) is 5.98. The van der Waals surface area contributed by atoms with Crippen molar-refractivity contribution in [2.45, 2.75) is 105 Å². The summed E-state index contributed by atoms with van der Waals surface area (Å²) < 4.78 is 0. The highest BCUT2D eigenvalue weighted by Gasteiger charge is 2.27. The van der Waals surface area contributed by atoms with Crippen LogP contribution in [0.25, 0.3) is 0 Å². The van der Waals surface area contributed by atoms with E-state index < -0.39 is 0 Å². The quantitative estimate of drug-likeness (QED) is 0.360. The maximum absolute atomic E-state index is 10.9. The molecule has 2 aromatic rings. The molecule has 4 nitrogen and oxygen atoms in total. The fraction of sp³-hybridized carbons (Fsp3) is 0.533. The summed E-state index contributed by atoms with van der Waals surface area (Å²) in [6, 6.07) is 7.94. The van der Waals surface area contributed by atoms with Crippen molar-refractivity contribution < 1.29 is 10.2 Å². The molecule has 4 heteroatoms. The molecule has 0 spiro atoms. The molecule has 34 heavy (non-hydrogen) atoms. The maximum Gasteiger partial charge on any atom is 0.123 e. The van der Waals surface area contributed by atoms with Gasteiger partial charge in [0.2, 0.25) is 0 Å². The predicted octanol–water partition coefficient (Wildman–Crippen LogP) is 7.74. The molecule has 0 fully saturated rings. The molecule has 0 heterocycles. The molecule has 0 bridgehead atoms. The smallest absolute Gasteiger partial charge is 0.123 e. The highest BCUT2D eigenvalue weighted by molar-refractivity contribution is 5.84. The summed E-state index contributed by atoms with van der Waals surface area (Å²) >= 11 is 0. The third-order valence-corrected chi connectivity index (χ3v) is 5.98. The Morgan fingerprint density at radius 1 is 0.471 bits per heavy atom. The molecule has 0 aliphatic rings. The van der Waals surface area contributed by atoms with Gasteiger partial charge in [-0.1, -0.05) is 83.1 Å². The van der Waals surface area contributed by atoms with Crippen LogP contribution in [0.15, 0.2) is 34.5 Å². The first-order valence-electron chi connectivity index (χ1n) is 12.1. The van der Waals surface area contributed by atoms with Crippen molar-refractivity contribution in [1.29, 1.82) is 0 Å². The minimum absolute atomic E-state index is 0.198. The first-order chi connectivity index (χ1) is 15.2. The number of hydrogen-bond donors (Lipinski definition) is 2. The fourth-order valence-electron chi connectivity index (χ4n) is 3.95. The van der Waals surface area contributed by atoms with E-state index in [-0.39, 0.29) is 21.7 Å². The molecule has 186 valence electrons. The molecule has 0 aromatic heterocycles. The van der Waals surface area contributed by atoms with Gasteiger partial charge >= 0.3 is 0 Å². The minimum Gasteiger partial charge on any atom is -0.507 e.